The fourth-order valence-electron chi connectivity index (χ4n) is 2.14. The molecule has 0 aliphatic carbocycles. The van der Waals surface area contributed by atoms with E-state index in [-0.39, 0.29) is 0 Å². The van der Waals surface area contributed by atoms with Gasteiger partial charge in [0.2, 0.25) is 0 Å². The number of nitrogens with zero attached hydrogens (tertiary/aromatic N) is 2. The molecule has 0 fully saturated rings. The molecule has 0 aliphatic rings. The van der Waals surface area contributed by atoms with Crippen LogP contribution in [0.2, 0.25) is 0 Å². The van der Waals surface area contributed by atoms with Crippen molar-refractivity contribution in [3.05, 3.63) is 60.7 Å². The molecule has 0 saturated carbocycles. The summed E-state index contributed by atoms with van der Waals surface area (Å²) in [6.45, 7) is 7.18. The third-order valence-electron chi connectivity index (χ3n) is 3.19. The predicted octanol–water partition coefficient (Wildman–Crippen LogP) is 3.27. The van der Waals surface area contributed by atoms with Crippen LogP contribution in [0.1, 0.15) is 31.2 Å². The van der Waals surface area contributed by atoms with Crippen LogP contribution in [0, 0.1) is 0 Å². The summed E-state index contributed by atoms with van der Waals surface area (Å²) < 4.78 is 4.45. The summed E-state index contributed by atoms with van der Waals surface area (Å²) in [5.74, 6) is 1.30. The summed E-state index contributed by atoms with van der Waals surface area (Å²) in [6, 6.07) is 10.6. The molecule has 1 heterocycles. The Hall–Kier alpha value is -1.83. The van der Waals surface area contributed by atoms with Crippen LogP contribution in [-0.2, 0) is 13.0 Å². The van der Waals surface area contributed by atoms with Gasteiger partial charge in [0.05, 0.1) is 19.2 Å². The van der Waals surface area contributed by atoms with E-state index in [2.05, 4.69) is 65.4 Å². The Morgan fingerprint density at radius 1 is 1.28 bits per heavy atom. The fraction of sp³-hybridized carbons (Fsp3) is 0.312. The van der Waals surface area contributed by atoms with Crippen LogP contribution >= 0.6 is 0 Å². The summed E-state index contributed by atoms with van der Waals surface area (Å²) >= 11 is 0. The highest BCUT2D eigenvalue weighted by Crippen LogP contribution is 2.07. The van der Waals surface area contributed by atoms with Gasteiger partial charge in [-0.05, 0) is 12.0 Å². The minimum Gasteiger partial charge on any atom is -0.234 e. The van der Waals surface area contributed by atoms with Crippen LogP contribution in [0.5, 0.6) is 0 Å². The van der Waals surface area contributed by atoms with Gasteiger partial charge in [0.15, 0.2) is 0 Å². The molecular formula is C16H21N2+. The Kier molecular flexibility index (Phi) is 4.35. The average Bonchev–Trinajstić information content (AvgIpc) is 2.80. The second-order valence-electron chi connectivity index (χ2n) is 4.51. The maximum Gasteiger partial charge on any atom is 0.265 e. The lowest BCUT2D eigenvalue weighted by Crippen LogP contribution is -2.37. The normalized spacial score (nSPS) is 10.5. The molecule has 0 unspecified atom stereocenters. The van der Waals surface area contributed by atoms with Gasteiger partial charge in [-0.15, -0.1) is 0 Å². The molecule has 0 radical (unpaired) electrons. The molecular weight excluding hydrogens is 220 g/mol. The van der Waals surface area contributed by atoms with Gasteiger partial charge in [-0.2, -0.15) is 0 Å². The van der Waals surface area contributed by atoms with Gasteiger partial charge >= 0.3 is 0 Å². The molecule has 0 saturated heterocycles. The molecule has 1 aromatic carbocycles. The number of unbranched alkanes of at least 4 members (excludes halogenated alkanes) is 1. The van der Waals surface area contributed by atoms with E-state index in [0.29, 0.717) is 0 Å². The number of rotatable bonds is 6. The zero-order valence-electron chi connectivity index (χ0n) is 11.0. The van der Waals surface area contributed by atoms with E-state index < -0.39 is 0 Å². The van der Waals surface area contributed by atoms with Crippen molar-refractivity contribution in [1.82, 2.24) is 4.57 Å². The standard InChI is InChI=1S/C16H21N2/c1-3-5-11-18-13-12-17(4-2)16(18)14-15-9-7-6-8-10-15/h4,6-10,12-13H,2-3,5,11,14H2,1H3/q+1. The highest BCUT2D eigenvalue weighted by atomic mass is 15.1. The van der Waals surface area contributed by atoms with E-state index >= 15 is 0 Å². The first kappa shape index (κ1) is 12.6. The quantitative estimate of drug-likeness (QED) is 0.686. The van der Waals surface area contributed by atoms with Gasteiger partial charge in [0, 0.05) is 0 Å². The largest absolute Gasteiger partial charge is 0.265 e. The SMILES string of the molecule is C=Cn1cc[n+](CCCC)c1Cc1ccccc1. The molecule has 1 aromatic heterocycles. The van der Waals surface area contributed by atoms with Crippen LogP contribution in [0.4, 0.5) is 0 Å². The van der Waals surface area contributed by atoms with Crippen molar-refractivity contribution in [1.29, 1.82) is 0 Å². The van der Waals surface area contributed by atoms with Crippen molar-refractivity contribution >= 4 is 6.20 Å². The van der Waals surface area contributed by atoms with E-state index in [1.54, 1.807) is 0 Å². The maximum atomic E-state index is 3.88. The molecule has 2 heteroatoms. The third-order valence-corrected chi connectivity index (χ3v) is 3.19. The lowest BCUT2D eigenvalue weighted by Gasteiger charge is -2.03. The van der Waals surface area contributed by atoms with E-state index in [0.717, 1.165) is 13.0 Å². The summed E-state index contributed by atoms with van der Waals surface area (Å²) in [5.41, 5.74) is 1.34. The van der Waals surface area contributed by atoms with E-state index in [1.165, 1.54) is 24.2 Å². The van der Waals surface area contributed by atoms with Gasteiger partial charge in [0.25, 0.3) is 5.82 Å². The minimum atomic E-state index is 0.948. The molecule has 0 aliphatic heterocycles. The lowest BCUT2D eigenvalue weighted by molar-refractivity contribution is -0.703. The number of imidazole rings is 1. The maximum absolute atomic E-state index is 3.88. The smallest absolute Gasteiger partial charge is 0.234 e. The first-order valence-corrected chi connectivity index (χ1v) is 6.60. The lowest BCUT2D eigenvalue weighted by atomic mass is 10.1. The summed E-state index contributed by atoms with van der Waals surface area (Å²) in [4.78, 5) is 0. The van der Waals surface area contributed by atoms with Crippen molar-refractivity contribution < 1.29 is 4.57 Å². The summed E-state index contributed by atoms with van der Waals surface area (Å²) in [7, 11) is 0. The highest BCUT2D eigenvalue weighted by molar-refractivity contribution is 5.23. The molecule has 2 nitrogen and oxygen atoms in total. The van der Waals surface area contributed by atoms with Crippen LogP contribution in [0.3, 0.4) is 0 Å². The Bertz CT molecular complexity index is 497. The van der Waals surface area contributed by atoms with Crippen LogP contribution in [-0.4, -0.2) is 4.57 Å². The predicted molar refractivity (Wildman–Crippen MR) is 75.2 cm³/mol. The fourth-order valence-corrected chi connectivity index (χ4v) is 2.14. The Labute approximate surface area is 109 Å². The highest BCUT2D eigenvalue weighted by Gasteiger charge is 2.15. The molecule has 2 aromatic rings. The van der Waals surface area contributed by atoms with Crippen molar-refractivity contribution in [3.8, 4) is 0 Å². The Balaban J connectivity index is 2.24. The summed E-state index contributed by atoms with van der Waals surface area (Å²) in [6.07, 6.45) is 9.49. The first-order chi connectivity index (χ1) is 8.85. The van der Waals surface area contributed by atoms with Crippen LogP contribution in [0.25, 0.3) is 6.20 Å². The zero-order chi connectivity index (χ0) is 12.8. The molecule has 0 N–H and O–H groups in total. The van der Waals surface area contributed by atoms with Crippen molar-refractivity contribution in [2.24, 2.45) is 0 Å². The van der Waals surface area contributed by atoms with Crippen LogP contribution < -0.4 is 4.57 Å². The van der Waals surface area contributed by atoms with Gasteiger partial charge < -0.3 is 0 Å². The number of aryl methyl sites for hydroxylation is 1. The number of aromatic nitrogens is 2. The second kappa shape index (κ2) is 6.20. The van der Waals surface area contributed by atoms with E-state index in [1.807, 2.05) is 6.20 Å². The number of hydrogen-bond donors (Lipinski definition) is 0. The van der Waals surface area contributed by atoms with Crippen molar-refractivity contribution in [2.75, 3.05) is 0 Å². The van der Waals surface area contributed by atoms with Gasteiger partial charge in [0.1, 0.15) is 12.4 Å². The average molecular weight is 241 g/mol. The van der Waals surface area contributed by atoms with Crippen molar-refractivity contribution in [2.45, 2.75) is 32.7 Å². The third kappa shape index (κ3) is 2.89. The molecule has 2 rings (SSSR count). The van der Waals surface area contributed by atoms with Gasteiger partial charge in [-0.1, -0.05) is 50.3 Å². The van der Waals surface area contributed by atoms with Gasteiger partial charge in [-0.3, -0.25) is 0 Å². The minimum absolute atomic E-state index is 0.948. The number of benzene rings is 1. The molecule has 94 valence electrons. The van der Waals surface area contributed by atoms with Gasteiger partial charge in [-0.25, -0.2) is 9.13 Å². The number of hydrogen-bond acceptors (Lipinski definition) is 0. The first-order valence-electron chi connectivity index (χ1n) is 6.60. The van der Waals surface area contributed by atoms with E-state index in [9.17, 15) is 0 Å². The molecule has 0 spiro atoms. The van der Waals surface area contributed by atoms with Crippen LogP contribution in [0.15, 0.2) is 49.3 Å². The Morgan fingerprint density at radius 2 is 2.06 bits per heavy atom. The van der Waals surface area contributed by atoms with Crippen molar-refractivity contribution in [3.63, 3.8) is 0 Å². The Morgan fingerprint density at radius 3 is 2.72 bits per heavy atom. The second-order valence-corrected chi connectivity index (χ2v) is 4.51. The molecule has 18 heavy (non-hydrogen) atoms. The van der Waals surface area contributed by atoms with E-state index in [4.69, 9.17) is 0 Å². The topological polar surface area (TPSA) is 8.81 Å². The molecule has 0 atom stereocenters. The summed E-state index contributed by atoms with van der Waals surface area (Å²) in [5, 5.41) is 0. The monoisotopic (exact) mass is 241 g/mol. The zero-order valence-corrected chi connectivity index (χ0v) is 11.0. The molecule has 0 bridgehead atoms. The molecule has 0 amide bonds.